The Morgan fingerprint density at radius 1 is 1.17 bits per heavy atom. The van der Waals surface area contributed by atoms with Crippen molar-refractivity contribution < 1.29 is 9.18 Å². The van der Waals surface area contributed by atoms with Gasteiger partial charge in [0, 0.05) is 12.4 Å². The number of hydrogen-bond donors (Lipinski definition) is 0. The number of hydrogen-bond acceptors (Lipinski definition) is 3. The molecule has 116 valence electrons. The van der Waals surface area contributed by atoms with Crippen LogP contribution in [0.3, 0.4) is 0 Å². The lowest BCUT2D eigenvalue weighted by molar-refractivity contribution is 0.101. The summed E-state index contributed by atoms with van der Waals surface area (Å²) >= 11 is 1.30. The maximum absolute atomic E-state index is 13.7. The molecule has 0 saturated carbocycles. The van der Waals surface area contributed by atoms with Crippen molar-refractivity contribution >= 4 is 17.5 Å². The Hall–Kier alpha value is -2.40. The first-order valence-corrected chi connectivity index (χ1v) is 8.15. The van der Waals surface area contributed by atoms with Crippen LogP contribution in [-0.4, -0.2) is 21.1 Å². The first-order valence-electron chi connectivity index (χ1n) is 7.16. The zero-order chi connectivity index (χ0) is 16.2. The van der Waals surface area contributed by atoms with Crippen LogP contribution in [0.4, 0.5) is 4.39 Å². The Kier molecular flexibility index (Phi) is 4.57. The van der Waals surface area contributed by atoms with Crippen molar-refractivity contribution in [1.29, 1.82) is 0 Å². The number of aryl methyl sites for hydroxylation is 1. The van der Waals surface area contributed by atoms with Crippen LogP contribution in [0.5, 0.6) is 0 Å². The van der Waals surface area contributed by atoms with Gasteiger partial charge in [-0.1, -0.05) is 42.1 Å². The Morgan fingerprint density at radius 2 is 1.91 bits per heavy atom. The van der Waals surface area contributed by atoms with Gasteiger partial charge in [0.2, 0.25) is 0 Å². The zero-order valence-corrected chi connectivity index (χ0v) is 13.4. The zero-order valence-electron chi connectivity index (χ0n) is 12.6. The van der Waals surface area contributed by atoms with Crippen LogP contribution in [-0.2, 0) is 0 Å². The van der Waals surface area contributed by atoms with E-state index in [0.717, 1.165) is 11.3 Å². The van der Waals surface area contributed by atoms with Gasteiger partial charge in [-0.15, -0.1) is 0 Å². The second-order valence-electron chi connectivity index (χ2n) is 5.06. The van der Waals surface area contributed by atoms with E-state index in [0.29, 0.717) is 5.16 Å². The van der Waals surface area contributed by atoms with Crippen LogP contribution >= 0.6 is 11.8 Å². The number of ketones is 1. The van der Waals surface area contributed by atoms with E-state index in [2.05, 4.69) is 4.98 Å². The van der Waals surface area contributed by atoms with E-state index >= 15 is 0 Å². The first kappa shape index (κ1) is 15.5. The van der Waals surface area contributed by atoms with E-state index in [9.17, 15) is 9.18 Å². The highest BCUT2D eigenvalue weighted by atomic mass is 32.2. The summed E-state index contributed by atoms with van der Waals surface area (Å²) in [7, 11) is 0. The molecule has 23 heavy (non-hydrogen) atoms. The fraction of sp³-hybridized carbons (Fsp3) is 0.111. The van der Waals surface area contributed by atoms with Crippen molar-refractivity contribution in [3.8, 4) is 5.69 Å². The number of aromatic nitrogens is 2. The summed E-state index contributed by atoms with van der Waals surface area (Å²) < 4.78 is 15.6. The molecule has 0 bridgehead atoms. The number of carbonyl (C=O) groups excluding carboxylic acids is 1. The summed E-state index contributed by atoms with van der Waals surface area (Å²) in [5, 5.41) is 0.712. The topological polar surface area (TPSA) is 34.9 Å². The third-order valence-electron chi connectivity index (χ3n) is 3.49. The van der Waals surface area contributed by atoms with Crippen molar-refractivity contribution in [3.63, 3.8) is 0 Å². The van der Waals surface area contributed by atoms with E-state index in [4.69, 9.17) is 0 Å². The first-order chi connectivity index (χ1) is 11.2. The number of imidazole rings is 1. The maximum Gasteiger partial charge on any atom is 0.176 e. The lowest BCUT2D eigenvalue weighted by Gasteiger charge is -2.10. The minimum Gasteiger partial charge on any atom is -0.295 e. The van der Waals surface area contributed by atoms with E-state index in [1.54, 1.807) is 18.3 Å². The fourth-order valence-electron chi connectivity index (χ4n) is 2.31. The molecule has 3 nitrogen and oxygen atoms in total. The van der Waals surface area contributed by atoms with Gasteiger partial charge in [0.05, 0.1) is 17.0 Å². The smallest absolute Gasteiger partial charge is 0.176 e. The number of nitrogens with zero attached hydrogens (tertiary/aromatic N) is 2. The molecule has 0 aliphatic carbocycles. The fourth-order valence-corrected chi connectivity index (χ4v) is 3.16. The highest BCUT2D eigenvalue weighted by Gasteiger charge is 2.14. The third-order valence-corrected chi connectivity index (χ3v) is 4.46. The summed E-state index contributed by atoms with van der Waals surface area (Å²) in [6.45, 7) is 2.02. The predicted octanol–water partition coefficient (Wildman–Crippen LogP) is 4.29. The molecule has 1 aromatic heterocycles. The van der Waals surface area contributed by atoms with E-state index in [1.165, 1.54) is 23.9 Å². The summed E-state index contributed by atoms with van der Waals surface area (Å²) in [5.74, 6) is -0.586. The van der Waals surface area contributed by atoms with Gasteiger partial charge in [-0.3, -0.25) is 9.36 Å². The van der Waals surface area contributed by atoms with Crippen LogP contribution in [0.25, 0.3) is 5.69 Å². The number of rotatable bonds is 5. The highest BCUT2D eigenvalue weighted by Crippen LogP contribution is 2.23. The normalized spacial score (nSPS) is 10.7. The number of Topliss-reactive ketones (excluding diaryl/α,β-unsaturated/α-hetero) is 1. The SMILES string of the molecule is Cc1ccccc1-n1ccnc1SCC(=O)c1ccccc1F. The van der Waals surface area contributed by atoms with Crippen molar-refractivity contribution in [2.24, 2.45) is 0 Å². The van der Waals surface area contributed by atoms with Crippen LogP contribution in [0.15, 0.2) is 66.1 Å². The Balaban J connectivity index is 1.78. The summed E-state index contributed by atoms with van der Waals surface area (Å²) in [5.41, 5.74) is 2.26. The number of thioether (sulfide) groups is 1. The lowest BCUT2D eigenvalue weighted by atomic mass is 10.1. The van der Waals surface area contributed by atoms with Gasteiger partial charge in [0.1, 0.15) is 5.82 Å². The molecule has 0 amide bonds. The molecule has 0 atom stereocenters. The van der Waals surface area contributed by atoms with Gasteiger partial charge in [0.15, 0.2) is 10.9 Å². The van der Waals surface area contributed by atoms with Crippen molar-refractivity contribution in [1.82, 2.24) is 9.55 Å². The predicted molar refractivity (Wildman–Crippen MR) is 89.8 cm³/mol. The molecule has 0 aliphatic rings. The number of para-hydroxylation sites is 1. The molecule has 0 unspecified atom stereocenters. The molecule has 0 saturated heterocycles. The summed E-state index contributed by atoms with van der Waals surface area (Å²) in [6.07, 6.45) is 3.56. The average molecular weight is 326 g/mol. The molecule has 1 heterocycles. The van der Waals surface area contributed by atoms with E-state index < -0.39 is 5.82 Å². The Bertz CT molecular complexity index is 844. The molecule has 3 rings (SSSR count). The largest absolute Gasteiger partial charge is 0.295 e. The second kappa shape index (κ2) is 6.79. The Labute approximate surface area is 138 Å². The minimum atomic E-state index is -0.486. The molecule has 0 aliphatic heterocycles. The van der Waals surface area contributed by atoms with Crippen LogP contribution < -0.4 is 0 Å². The second-order valence-corrected chi connectivity index (χ2v) is 6.00. The van der Waals surface area contributed by atoms with E-state index in [1.807, 2.05) is 42.0 Å². The van der Waals surface area contributed by atoms with Gasteiger partial charge in [-0.25, -0.2) is 9.37 Å². The van der Waals surface area contributed by atoms with Gasteiger partial charge >= 0.3 is 0 Å². The quantitative estimate of drug-likeness (QED) is 0.518. The third kappa shape index (κ3) is 3.35. The van der Waals surface area contributed by atoms with Gasteiger partial charge in [-0.05, 0) is 30.7 Å². The molecule has 0 fully saturated rings. The van der Waals surface area contributed by atoms with E-state index in [-0.39, 0.29) is 17.1 Å². The van der Waals surface area contributed by atoms with Gasteiger partial charge < -0.3 is 0 Å². The van der Waals surface area contributed by atoms with Crippen LogP contribution in [0, 0.1) is 12.7 Å². The average Bonchev–Trinajstić information content (AvgIpc) is 3.02. The molecule has 0 N–H and O–H groups in total. The molecule has 3 aromatic rings. The van der Waals surface area contributed by atoms with Crippen molar-refractivity contribution in [3.05, 3.63) is 77.9 Å². The summed E-state index contributed by atoms with van der Waals surface area (Å²) in [4.78, 5) is 16.5. The maximum atomic E-state index is 13.7. The lowest BCUT2D eigenvalue weighted by Crippen LogP contribution is -2.06. The molecular weight excluding hydrogens is 311 g/mol. The van der Waals surface area contributed by atoms with Crippen LogP contribution in [0.2, 0.25) is 0 Å². The standard InChI is InChI=1S/C18H15FN2OS/c1-13-6-2-5-9-16(13)21-11-10-20-18(21)23-12-17(22)14-7-3-4-8-15(14)19/h2-11H,12H2,1H3. The number of benzene rings is 2. The highest BCUT2D eigenvalue weighted by molar-refractivity contribution is 7.99. The van der Waals surface area contributed by atoms with Crippen molar-refractivity contribution in [2.45, 2.75) is 12.1 Å². The van der Waals surface area contributed by atoms with Gasteiger partial charge in [-0.2, -0.15) is 0 Å². The summed E-state index contributed by atoms with van der Waals surface area (Å²) in [6, 6.07) is 14.0. The Morgan fingerprint density at radius 3 is 2.70 bits per heavy atom. The van der Waals surface area contributed by atoms with Crippen molar-refractivity contribution in [2.75, 3.05) is 5.75 Å². The van der Waals surface area contributed by atoms with Gasteiger partial charge in [0.25, 0.3) is 0 Å². The molecule has 0 radical (unpaired) electrons. The molecule has 2 aromatic carbocycles. The number of halogens is 1. The molecule has 0 spiro atoms. The minimum absolute atomic E-state index is 0.119. The molecular formula is C18H15FN2OS. The number of carbonyl (C=O) groups is 1. The van der Waals surface area contributed by atoms with Crippen LogP contribution in [0.1, 0.15) is 15.9 Å². The monoisotopic (exact) mass is 326 g/mol. The molecule has 5 heteroatoms.